The predicted molar refractivity (Wildman–Crippen MR) is 80.3 cm³/mol. The first-order valence-electron chi connectivity index (χ1n) is 6.75. The van der Waals surface area contributed by atoms with Crippen LogP contribution < -0.4 is 10.6 Å². The molecule has 1 aromatic rings. The predicted octanol–water partition coefficient (Wildman–Crippen LogP) is 1.84. The average Bonchev–Trinajstić information content (AvgIpc) is 2.37. The number of nitrogens with two attached hydrogens (primary N) is 1. The summed E-state index contributed by atoms with van der Waals surface area (Å²) in [4.78, 5) is 2.15. The molecule has 19 heavy (non-hydrogen) atoms. The fraction of sp³-hybridized carbons (Fsp3) is 0.571. The number of fused-ring (bicyclic) bond motifs is 1. The van der Waals surface area contributed by atoms with Crippen LogP contribution in [0.3, 0.4) is 0 Å². The maximum atomic E-state index is 11.9. The molecule has 0 unspecified atom stereocenters. The van der Waals surface area contributed by atoms with Gasteiger partial charge in [-0.15, -0.1) is 0 Å². The maximum Gasteiger partial charge on any atom is 0.154 e. The number of anilines is 2. The van der Waals surface area contributed by atoms with Crippen LogP contribution >= 0.6 is 0 Å². The Morgan fingerprint density at radius 2 is 2.11 bits per heavy atom. The third-order valence-corrected chi connectivity index (χ3v) is 5.94. The average molecular weight is 282 g/mol. The molecular formula is C14H22N2O2S. The third-order valence-electron chi connectivity index (χ3n) is 3.75. The van der Waals surface area contributed by atoms with Crippen LogP contribution in [-0.2, 0) is 16.3 Å². The van der Waals surface area contributed by atoms with Crippen LogP contribution in [0.5, 0.6) is 0 Å². The molecule has 5 heteroatoms. The molecule has 4 nitrogen and oxygen atoms in total. The number of sulfone groups is 1. The first kappa shape index (κ1) is 14.2. The van der Waals surface area contributed by atoms with Crippen LogP contribution in [0.1, 0.15) is 25.8 Å². The van der Waals surface area contributed by atoms with E-state index in [4.69, 9.17) is 5.73 Å². The van der Waals surface area contributed by atoms with Gasteiger partial charge in [0.05, 0.1) is 11.0 Å². The molecule has 0 amide bonds. The molecule has 1 aliphatic heterocycles. The molecule has 0 aromatic heterocycles. The van der Waals surface area contributed by atoms with Gasteiger partial charge in [0.25, 0.3) is 0 Å². The molecule has 2 N–H and O–H groups in total. The van der Waals surface area contributed by atoms with Gasteiger partial charge in [-0.1, -0.05) is 6.07 Å². The number of rotatable bonds is 4. The third kappa shape index (κ3) is 3.03. The van der Waals surface area contributed by atoms with Gasteiger partial charge < -0.3 is 10.6 Å². The van der Waals surface area contributed by atoms with Crippen LogP contribution in [0.4, 0.5) is 11.4 Å². The number of hydrogen-bond donors (Lipinski definition) is 1. The largest absolute Gasteiger partial charge is 0.398 e. The molecule has 1 heterocycles. The summed E-state index contributed by atoms with van der Waals surface area (Å²) in [5.41, 5.74) is 9.07. The van der Waals surface area contributed by atoms with E-state index < -0.39 is 9.84 Å². The first-order chi connectivity index (χ1) is 8.92. The molecule has 1 aliphatic rings. The Bertz CT molecular complexity index is 553. The Morgan fingerprint density at radius 1 is 1.37 bits per heavy atom. The lowest BCUT2D eigenvalue weighted by Crippen LogP contribution is -2.35. The van der Waals surface area contributed by atoms with E-state index in [9.17, 15) is 8.42 Å². The summed E-state index contributed by atoms with van der Waals surface area (Å²) in [6.07, 6.45) is 2.01. The molecule has 2 rings (SSSR count). The smallest absolute Gasteiger partial charge is 0.154 e. The lowest BCUT2D eigenvalue weighted by molar-refractivity contribution is 0.584. The van der Waals surface area contributed by atoms with Crippen molar-refractivity contribution in [3.63, 3.8) is 0 Å². The minimum Gasteiger partial charge on any atom is -0.398 e. The molecule has 0 spiro atoms. The Morgan fingerprint density at radius 3 is 2.79 bits per heavy atom. The first-order valence-corrected chi connectivity index (χ1v) is 8.47. The van der Waals surface area contributed by atoms with E-state index in [1.165, 1.54) is 0 Å². The van der Waals surface area contributed by atoms with Crippen LogP contribution in [-0.4, -0.2) is 32.5 Å². The van der Waals surface area contributed by atoms with Crippen molar-refractivity contribution in [2.24, 2.45) is 0 Å². The van der Waals surface area contributed by atoms with Crippen molar-refractivity contribution in [1.29, 1.82) is 0 Å². The van der Waals surface area contributed by atoms with E-state index in [0.717, 1.165) is 36.3 Å². The van der Waals surface area contributed by atoms with Gasteiger partial charge in [-0.3, -0.25) is 0 Å². The van der Waals surface area contributed by atoms with E-state index in [-0.39, 0.29) is 11.0 Å². The maximum absolute atomic E-state index is 11.9. The molecule has 0 bridgehead atoms. The van der Waals surface area contributed by atoms with Crippen LogP contribution in [0.15, 0.2) is 18.2 Å². The van der Waals surface area contributed by atoms with Crippen molar-refractivity contribution < 1.29 is 8.42 Å². The van der Waals surface area contributed by atoms with Gasteiger partial charge in [-0.05, 0) is 44.4 Å². The SMILES string of the molecule is CC(C)S(=O)(=O)CCN1CCCc2c(N)cccc21. The van der Waals surface area contributed by atoms with Crippen molar-refractivity contribution in [3.8, 4) is 0 Å². The second-order valence-corrected chi connectivity index (χ2v) is 8.03. The summed E-state index contributed by atoms with van der Waals surface area (Å²) in [5.74, 6) is 0.207. The van der Waals surface area contributed by atoms with Gasteiger partial charge in [0.15, 0.2) is 9.84 Å². The summed E-state index contributed by atoms with van der Waals surface area (Å²) in [7, 11) is -2.98. The fourth-order valence-electron chi connectivity index (χ4n) is 2.43. The van der Waals surface area contributed by atoms with Gasteiger partial charge in [-0.2, -0.15) is 0 Å². The molecule has 0 atom stereocenters. The highest BCUT2D eigenvalue weighted by Gasteiger charge is 2.22. The summed E-state index contributed by atoms with van der Waals surface area (Å²) in [6.45, 7) is 4.93. The van der Waals surface area contributed by atoms with Gasteiger partial charge in [0, 0.05) is 24.5 Å². The Balaban J connectivity index is 2.15. The zero-order valence-corrected chi connectivity index (χ0v) is 12.4. The highest BCUT2D eigenvalue weighted by Crippen LogP contribution is 2.31. The fourth-order valence-corrected chi connectivity index (χ4v) is 3.38. The molecule has 0 fully saturated rings. The van der Waals surface area contributed by atoms with Crippen molar-refractivity contribution in [3.05, 3.63) is 23.8 Å². The molecule has 106 valence electrons. The van der Waals surface area contributed by atoms with E-state index in [0.29, 0.717) is 6.54 Å². The monoisotopic (exact) mass is 282 g/mol. The molecule has 1 aromatic carbocycles. The quantitative estimate of drug-likeness (QED) is 0.856. The van der Waals surface area contributed by atoms with E-state index in [1.54, 1.807) is 13.8 Å². The Kier molecular flexibility index (Phi) is 4.04. The summed E-state index contributed by atoms with van der Waals surface area (Å²) < 4.78 is 23.8. The minimum atomic E-state index is -2.98. The van der Waals surface area contributed by atoms with Crippen LogP contribution in [0, 0.1) is 0 Å². The zero-order valence-electron chi connectivity index (χ0n) is 11.6. The van der Waals surface area contributed by atoms with Gasteiger partial charge in [0.2, 0.25) is 0 Å². The molecular weight excluding hydrogens is 260 g/mol. The number of hydrogen-bond acceptors (Lipinski definition) is 4. The van der Waals surface area contributed by atoms with Crippen LogP contribution in [0.25, 0.3) is 0 Å². The minimum absolute atomic E-state index is 0.207. The molecule has 0 saturated heterocycles. The van der Waals surface area contributed by atoms with Gasteiger partial charge in [-0.25, -0.2) is 8.42 Å². The second-order valence-electron chi connectivity index (χ2n) is 5.35. The van der Waals surface area contributed by atoms with Crippen LogP contribution in [0.2, 0.25) is 0 Å². The number of nitrogens with zero attached hydrogens (tertiary/aromatic N) is 1. The molecule has 0 saturated carbocycles. The normalized spacial score (nSPS) is 15.6. The molecule has 0 aliphatic carbocycles. The van der Waals surface area contributed by atoms with Crippen molar-refractivity contribution in [1.82, 2.24) is 0 Å². The molecule has 0 radical (unpaired) electrons. The Labute approximate surface area is 115 Å². The number of benzene rings is 1. The highest BCUT2D eigenvalue weighted by atomic mass is 32.2. The lowest BCUT2D eigenvalue weighted by Gasteiger charge is -2.32. The van der Waals surface area contributed by atoms with Crippen molar-refractivity contribution in [2.75, 3.05) is 29.5 Å². The van der Waals surface area contributed by atoms with Crippen molar-refractivity contribution in [2.45, 2.75) is 31.9 Å². The highest BCUT2D eigenvalue weighted by molar-refractivity contribution is 7.92. The van der Waals surface area contributed by atoms with Crippen molar-refractivity contribution >= 4 is 21.2 Å². The van der Waals surface area contributed by atoms with E-state index >= 15 is 0 Å². The van der Waals surface area contributed by atoms with Gasteiger partial charge in [0.1, 0.15) is 0 Å². The standard InChI is InChI=1S/C14H22N2O2S/c1-11(2)19(17,18)10-9-16-8-4-5-12-13(15)6-3-7-14(12)16/h3,6-7,11H,4-5,8-10,15H2,1-2H3. The van der Waals surface area contributed by atoms with E-state index in [1.807, 2.05) is 18.2 Å². The summed E-state index contributed by atoms with van der Waals surface area (Å²) >= 11 is 0. The lowest BCUT2D eigenvalue weighted by atomic mass is 10.00. The topological polar surface area (TPSA) is 63.4 Å². The number of nitrogen functional groups attached to an aromatic ring is 1. The second kappa shape index (κ2) is 5.41. The summed E-state index contributed by atoms with van der Waals surface area (Å²) in [6, 6.07) is 5.88. The van der Waals surface area contributed by atoms with E-state index in [2.05, 4.69) is 4.90 Å². The Hall–Kier alpha value is -1.23. The zero-order chi connectivity index (χ0) is 14.0. The summed E-state index contributed by atoms with van der Waals surface area (Å²) in [5, 5.41) is -0.308. The van der Waals surface area contributed by atoms with Gasteiger partial charge >= 0.3 is 0 Å².